The maximum Gasteiger partial charge on any atom is 0.255 e. The third-order valence-electron chi connectivity index (χ3n) is 6.10. The van der Waals surface area contributed by atoms with E-state index in [-0.39, 0.29) is 5.91 Å². The molecular formula is C27H26N6O4. The van der Waals surface area contributed by atoms with E-state index in [1.165, 1.54) is 0 Å². The number of hydrogen-bond acceptors (Lipinski definition) is 8. The van der Waals surface area contributed by atoms with Crippen molar-refractivity contribution in [1.29, 1.82) is 0 Å². The number of anilines is 2. The Labute approximate surface area is 213 Å². The topological polar surface area (TPSA) is 112 Å². The van der Waals surface area contributed by atoms with Gasteiger partial charge in [-0.25, -0.2) is 4.68 Å². The summed E-state index contributed by atoms with van der Waals surface area (Å²) >= 11 is 0. The smallest absolute Gasteiger partial charge is 0.255 e. The van der Waals surface area contributed by atoms with Crippen molar-refractivity contribution in [1.82, 2.24) is 19.7 Å². The fourth-order valence-electron chi connectivity index (χ4n) is 4.28. The average Bonchev–Trinajstić information content (AvgIpc) is 3.36. The largest absolute Gasteiger partial charge is 0.497 e. The lowest BCUT2D eigenvalue weighted by Gasteiger charge is -2.29. The van der Waals surface area contributed by atoms with Crippen molar-refractivity contribution >= 4 is 17.5 Å². The van der Waals surface area contributed by atoms with Gasteiger partial charge in [0.25, 0.3) is 5.91 Å². The summed E-state index contributed by atoms with van der Waals surface area (Å²) in [4.78, 5) is 22.5. The predicted molar refractivity (Wildman–Crippen MR) is 139 cm³/mol. The van der Waals surface area contributed by atoms with Crippen LogP contribution in [0.25, 0.3) is 11.4 Å². The van der Waals surface area contributed by atoms with Crippen LogP contribution in [0.4, 0.5) is 11.6 Å². The monoisotopic (exact) mass is 498 g/mol. The van der Waals surface area contributed by atoms with Crippen LogP contribution in [-0.2, 0) is 4.79 Å². The van der Waals surface area contributed by atoms with E-state index < -0.39 is 6.04 Å². The first-order valence-electron chi connectivity index (χ1n) is 11.5. The lowest BCUT2D eigenvalue weighted by atomic mass is 9.94. The Morgan fingerprint density at radius 1 is 1.00 bits per heavy atom. The number of nitrogens with one attached hydrogen (secondary N) is 2. The Balaban J connectivity index is 1.65. The summed E-state index contributed by atoms with van der Waals surface area (Å²) in [5, 5.41) is 11.0. The van der Waals surface area contributed by atoms with Crippen LogP contribution >= 0.6 is 0 Å². The molecule has 1 atom stereocenters. The van der Waals surface area contributed by atoms with Gasteiger partial charge in [-0.05, 0) is 61.5 Å². The van der Waals surface area contributed by atoms with Crippen LogP contribution < -0.4 is 24.8 Å². The Kier molecular flexibility index (Phi) is 6.46. The van der Waals surface area contributed by atoms with E-state index in [1.54, 1.807) is 56.6 Å². The van der Waals surface area contributed by atoms with Gasteiger partial charge in [-0.2, -0.15) is 4.98 Å². The molecule has 1 unspecified atom stereocenters. The highest BCUT2D eigenvalue weighted by Crippen LogP contribution is 2.41. The van der Waals surface area contributed by atoms with Crippen LogP contribution in [0.5, 0.6) is 17.2 Å². The third kappa shape index (κ3) is 4.56. The van der Waals surface area contributed by atoms with Crippen molar-refractivity contribution in [3.8, 4) is 28.6 Å². The first-order chi connectivity index (χ1) is 18.0. The molecular weight excluding hydrogens is 472 g/mol. The van der Waals surface area contributed by atoms with Crippen molar-refractivity contribution in [3.05, 3.63) is 83.8 Å². The number of rotatable bonds is 7. The van der Waals surface area contributed by atoms with E-state index in [2.05, 4.69) is 15.6 Å². The third-order valence-corrected chi connectivity index (χ3v) is 6.10. The summed E-state index contributed by atoms with van der Waals surface area (Å²) in [5.41, 5.74) is 3.17. The number of benzene rings is 2. The van der Waals surface area contributed by atoms with E-state index in [0.29, 0.717) is 45.8 Å². The lowest BCUT2D eigenvalue weighted by Crippen LogP contribution is -2.31. The zero-order valence-electron chi connectivity index (χ0n) is 20.9. The maximum atomic E-state index is 13.7. The van der Waals surface area contributed by atoms with Gasteiger partial charge in [-0.15, -0.1) is 5.10 Å². The number of aromatic nitrogens is 4. The first kappa shape index (κ1) is 23.9. The quantitative estimate of drug-likeness (QED) is 0.388. The Morgan fingerprint density at radius 2 is 1.76 bits per heavy atom. The van der Waals surface area contributed by atoms with Crippen molar-refractivity contribution in [2.75, 3.05) is 32.0 Å². The van der Waals surface area contributed by atoms with E-state index in [4.69, 9.17) is 24.3 Å². The molecule has 2 aromatic heterocycles. The molecule has 0 bridgehead atoms. The van der Waals surface area contributed by atoms with Gasteiger partial charge in [0.2, 0.25) is 5.95 Å². The summed E-state index contributed by atoms with van der Waals surface area (Å²) < 4.78 is 18.2. The van der Waals surface area contributed by atoms with Crippen LogP contribution in [0, 0.1) is 0 Å². The van der Waals surface area contributed by atoms with E-state index in [0.717, 1.165) is 11.3 Å². The van der Waals surface area contributed by atoms with Gasteiger partial charge in [-0.1, -0.05) is 0 Å². The summed E-state index contributed by atoms with van der Waals surface area (Å²) in [5.74, 6) is 2.63. The summed E-state index contributed by atoms with van der Waals surface area (Å²) in [6, 6.07) is 15.8. The molecule has 2 N–H and O–H groups in total. The molecule has 0 fully saturated rings. The number of allylic oxidation sites excluding steroid dienone is 1. The number of methoxy groups -OCH3 is 3. The number of ether oxygens (including phenoxy) is 3. The normalized spacial score (nSPS) is 14.4. The second-order valence-corrected chi connectivity index (χ2v) is 8.30. The van der Waals surface area contributed by atoms with Crippen molar-refractivity contribution in [2.24, 2.45) is 0 Å². The lowest BCUT2D eigenvalue weighted by molar-refractivity contribution is -0.113. The second kappa shape index (κ2) is 10.0. The van der Waals surface area contributed by atoms with Gasteiger partial charge in [0.1, 0.15) is 23.3 Å². The fourth-order valence-corrected chi connectivity index (χ4v) is 4.28. The molecule has 10 heteroatoms. The summed E-state index contributed by atoms with van der Waals surface area (Å²) in [6.07, 6.45) is 3.24. The van der Waals surface area contributed by atoms with Gasteiger partial charge in [0.05, 0.1) is 38.8 Å². The summed E-state index contributed by atoms with van der Waals surface area (Å²) in [6.45, 7) is 1.84. The van der Waals surface area contributed by atoms with Crippen molar-refractivity contribution < 1.29 is 19.0 Å². The van der Waals surface area contributed by atoms with Crippen LogP contribution in [0.2, 0.25) is 0 Å². The fraction of sp³-hybridized carbons (Fsp3) is 0.185. The molecule has 4 aromatic rings. The molecule has 2 aromatic carbocycles. The number of carbonyl (C=O) groups excluding carboxylic acids is 1. The zero-order valence-corrected chi connectivity index (χ0v) is 20.9. The molecule has 0 aliphatic carbocycles. The van der Waals surface area contributed by atoms with E-state index >= 15 is 0 Å². The maximum absolute atomic E-state index is 13.7. The van der Waals surface area contributed by atoms with Gasteiger partial charge in [0, 0.05) is 23.0 Å². The van der Waals surface area contributed by atoms with Gasteiger partial charge < -0.3 is 24.8 Å². The second-order valence-electron chi connectivity index (χ2n) is 8.30. The minimum atomic E-state index is -0.655. The minimum Gasteiger partial charge on any atom is -0.497 e. The molecule has 0 saturated carbocycles. The SMILES string of the molecule is COc1ccc(-c2nc3n(n2)C(c2cc(OC)ccc2OC)C(C(=O)Nc2cccnc2)=C(C)N3)cc1. The van der Waals surface area contributed by atoms with E-state index in [1.807, 2.05) is 43.3 Å². The predicted octanol–water partition coefficient (Wildman–Crippen LogP) is 4.29. The minimum absolute atomic E-state index is 0.306. The number of pyridine rings is 1. The molecule has 10 nitrogen and oxygen atoms in total. The number of hydrogen-bond donors (Lipinski definition) is 2. The molecule has 188 valence electrons. The standard InChI is InChI=1S/C27H26N6O4/c1-16-23(26(34)30-18-6-5-13-28-15-18)24(21-14-20(36-3)11-12-22(21)37-4)33-27(29-16)31-25(32-33)17-7-9-19(35-2)10-8-17/h5-15,24H,1-4H3,(H,30,34)(H,29,31,32). The molecule has 0 saturated heterocycles. The molecule has 5 rings (SSSR count). The van der Waals surface area contributed by atoms with Gasteiger partial charge >= 0.3 is 0 Å². The molecule has 1 aliphatic heterocycles. The van der Waals surface area contributed by atoms with Crippen LogP contribution in [-0.4, -0.2) is 47.0 Å². The number of fused-ring (bicyclic) bond motifs is 1. The van der Waals surface area contributed by atoms with E-state index in [9.17, 15) is 4.79 Å². The van der Waals surface area contributed by atoms with Crippen LogP contribution in [0.3, 0.4) is 0 Å². The Morgan fingerprint density at radius 3 is 2.43 bits per heavy atom. The zero-order chi connectivity index (χ0) is 25.9. The molecule has 37 heavy (non-hydrogen) atoms. The highest BCUT2D eigenvalue weighted by atomic mass is 16.5. The molecule has 0 radical (unpaired) electrons. The van der Waals surface area contributed by atoms with Crippen molar-refractivity contribution in [3.63, 3.8) is 0 Å². The van der Waals surface area contributed by atoms with Gasteiger partial charge in [-0.3, -0.25) is 9.78 Å². The highest BCUT2D eigenvalue weighted by molar-refractivity contribution is 6.06. The number of amides is 1. The summed E-state index contributed by atoms with van der Waals surface area (Å²) in [7, 11) is 4.79. The Hall–Kier alpha value is -4.86. The molecule has 1 aliphatic rings. The van der Waals surface area contributed by atoms with Crippen LogP contribution in [0.15, 0.2) is 78.3 Å². The number of carbonyl (C=O) groups is 1. The molecule has 3 heterocycles. The van der Waals surface area contributed by atoms with Crippen molar-refractivity contribution in [2.45, 2.75) is 13.0 Å². The van der Waals surface area contributed by atoms with Crippen LogP contribution in [0.1, 0.15) is 18.5 Å². The molecule has 1 amide bonds. The Bertz CT molecular complexity index is 1460. The molecule has 0 spiro atoms. The highest BCUT2D eigenvalue weighted by Gasteiger charge is 2.36. The van der Waals surface area contributed by atoms with Gasteiger partial charge in [0.15, 0.2) is 5.82 Å². The first-order valence-corrected chi connectivity index (χ1v) is 11.5. The average molecular weight is 499 g/mol. The number of nitrogens with zero attached hydrogens (tertiary/aromatic N) is 4.